The molecule has 5 nitrogen and oxygen atoms in total. The Morgan fingerprint density at radius 2 is 2.14 bits per heavy atom. The highest BCUT2D eigenvalue weighted by Gasteiger charge is 2.20. The quantitative estimate of drug-likeness (QED) is 0.852. The van der Waals surface area contributed by atoms with Gasteiger partial charge in [0, 0.05) is 18.0 Å². The van der Waals surface area contributed by atoms with Crippen LogP contribution in [0.2, 0.25) is 0 Å². The van der Waals surface area contributed by atoms with Gasteiger partial charge in [-0.1, -0.05) is 12.2 Å². The summed E-state index contributed by atoms with van der Waals surface area (Å²) in [5.74, 6) is -0.183. The van der Waals surface area contributed by atoms with Gasteiger partial charge in [-0.05, 0) is 46.8 Å². The first-order valence-electron chi connectivity index (χ1n) is 7.25. The second-order valence-electron chi connectivity index (χ2n) is 6.39. The summed E-state index contributed by atoms with van der Waals surface area (Å²) in [6, 6.07) is 3.34. The Morgan fingerprint density at radius 3 is 2.68 bits per heavy atom. The van der Waals surface area contributed by atoms with E-state index in [-0.39, 0.29) is 17.5 Å². The average Bonchev–Trinajstić information content (AvgIpc) is 2.81. The SMILES string of the molecule is Cc1nn(C(C)(C)C)cc1[C@H](C)NC(=O)c1ccc[nH]c1=S. The van der Waals surface area contributed by atoms with E-state index < -0.39 is 0 Å². The van der Waals surface area contributed by atoms with Gasteiger partial charge in [-0.3, -0.25) is 9.48 Å². The predicted octanol–water partition coefficient (Wildman–Crippen LogP) is 3.50. The molecule has 0 unspecified atom stereocenters. The van der Waals surface area contributed by atoms with Crippen molar-refractivity contribution in [1.29, 1.82) is 0 Å². The number of hydrogen-bond acceptors (Lipinski definition) is 3. The summed E-state index contributed by atoms with van der Waals surface area (Å²) < 4.78 is 2.36. The second kappa shape index (κ2) is 6.04. The van der Waals surface area contributed by atoms with Crippen molar-refractivity contribution in [1.82, 2.24) is 20.1 Å². The summed E-state index contributed by atoms with van der Waals surface area (Å²) in [5.41, 5.74) is 2.31. The van der Waals surface area contributed by atoms with Crippen LogP contribution in [0.3, 0.4) is 0 Å². The summed E-state index contributed by atoms with van der Waals surface area (Å²) in [6.07, 6.45) is 3.70. The Labute approximate surface area is 135 Å². The van der Waals surface area contributed by atoms with Crippen LogP contribution in [0.25, 0.3) is 0 Å². The molecule has 2 aromatic heterocycles. The molecule has 6 heteroatoms. The van der Waals surface area contributed by atoms with E-state index in [9.17, 15) is 4.79 Å². The highest BCUT2D eigenvalue weighted by atomic mass is 32.1. The van der Waals surface area contributed by atoms with Gasteiger partial charge in [0.2, 0.25) is 0 Å². The largest absolute Gasteiger partial charge is 0.352 e. The molecule has 2 aromatic rings. The number of aromatic amines is 1. The van der Waals surface area contributed by atoms with Crippen molar-refractivity contribution < 1.29 is 4.79 Å². The van der Waals surface area contributed by atoms with Crippen LogP contribution in [0.1, 0.15) is 55.4 Å². The molecule has 2 heterocycles. The Morgan fingerprint density at radius 1 is 1.45 bits per heavy atom. The second-order valence-corrected chi connectivity index (χ2v) is 6.80. The molecule has 0 aliphatic rings. The van der Waals surface area contributed by atoms with Gasteiger partial charge in [0.1, 0.15) is 4.64 Å². The van der Waals surface area contributed by atoms with Gasteiger partial charge in [0.05, 0.1) is 22.8 Å². The standard InChI is InChI=1S/C16H22N4OS/c1-10(13-9-20(16(3,4)5)19-11(13)2)18-14(21)12-7-6-8-17-15(12)22/h6-10H,1-5H3,(H,17,22)(H,18,21)/t10-/m0/s1. The molecule has 0 radical (unpaired) electrons. The maximum absolute atomic E-state index is 12.3. The number of rotatable bonds is 3. The summed E-state index contributed by atoms with van der Waals surface area (Å²) in [4.78, 5) is 15.2. The van der Waals surface area contributed by atoms with E-state index in [4.69, 9.17) is 12.2 Å². The van der Waals surface area contributed by atoms with Crippen LogP contribution in [0.4, 0.5) is 0 Å². The van der Waals surface area contributed by atoms with Crippen LogP contribution in [-0.2, 0) is 5.54 Å². The molecular formula is C16H22N4OS. The normalized spacial score (nSPS) is 13.0. The Hall–Kier alpha value is -1.95. The molecule has 1 amide bonds. The van der Waals surface area contributed by atoms with Crippen molar-refractivity contribution in [2.45, 2.75) is 46.2 Å². The lowest BCUT2D eigenvalue weighted by Crippen LogP contribution is -2.27. The van der Waals surface area contributed by atoms with Gasteiger partial charge >= 0.3 is 0 Å². The number of amides is 1. The molecule has 0 saturated heterocycles. The molecule has 1 atom stereocenters. The molecular weight excluding hydrogens is 296 g/mol. The van der Waals surface area contributed by atoms with Gasteiger partial charge < -0.3 is 10.3 Å². The van der Waals surface area contributed by atoms with E-state index in [0.29, 0.717) is 10.2 Å². The molecule has 0 fully saturated rings. The number of nitrogens with one attached hydrogen (secondary N) is 2. The maximum atomic E-state index is 12.3. The lowest BCUT2D eigenvalue weighted by molar-refractivity contribution is 0.0939. The molecule has 0 aliphatic heterocycles. The van der Waals surface area contributed by atoms with Crippen molar-refractivity contribution >= 4 is 18.1 Å². The highest BCUT2D eigenvalue weighted by molar-refractivity contribution is 7.71. The summed E-state index contributed by atoms with van der Waals surface area (Å²) in [7, 11) is 0. The third kappa shape index (κ3) is 3.44. The number of aromatic nitrogens is 3. The lowest BCUT2D eigenvalue weighted by atomic mass is 10.1. The topological polar surface area (TPSA) is 62.7 Å². The smallest absolute Gasteiger partial charge is 0.254 e. The number of H-pyrrole nitrogens is 1. The molecule has 0 aliphatic carbocycles. The molecule has 118 valence electrons. The highest BCUT2D eigenvalue weighted by Crippen LogP contribution is 2.21. The summed E-state index contributed by atoms with van der Waals surface area (Å²) in [6.45, 7) is 10.2. The minimum atomic E-state index is -0.183. The van der Waals surface area contributed by atoms with Crippen LogP contribution in [0.15, 0.2) is 24.5 Å². The lowest BCUT2D eigenvalue weighted by Gasteiger charge is -2.19. The molecule has 22 heavy (non-hydrogen) atoms. The maximum Gasteiger partial charge on any atom is 0.254 e. The average molecular weight is 318 g/mol. The van der Waals surface area contributed by atoms with E-state index in [1.807, 2.05) is 24.7 Å². The predicted molar refractivity (Wildman–Crippen MR) is 89.5 cm³/mol. The molecule has 2 rings (SSSR count). The fourth-order valence-corrected chi connectivity index (χ4v) is 2.42. The van der Waals surface area contributed by atoms with Gasteiger partial charge in [0.15, 0.2) is 0 Å². The van der Waals surface area contributed by atoms with Crippen LogP contribution in [0, 0.1) is 11.6 Å². The monoisotopic (exact) mass is 318 g/mol. The van der Waals surface area contributed by atoms with Crippen molar-refractivity contribution in [3.8, 4) is 0 Å². The minimum absolute atomic E-state index is 0.0884. The number of pyridine rings is 1. The Bertz CT molecular complexity index is 739. The van der Waals surface area contributed by atoms with Crippen LogP contribution >= 0.6 is 12.2 Å². The van der Waals surface area contributed by atoms with Crippen molar-refractivity contribution in [3.63, 3.8) is 0 Å². The van der Waals surface area contributed by atoms with Crippen molar-refractivity contribution in [3.05, 3.63) is 46.0 Å². The molecule has 0 bridgehead atoms. The van der Waals surface area contributed by atoms with E-state index >= 15 is 0 Å². The first-order chi connectivity index (χ1) is 10.2. The first-order valence-corrected chi connectivity index (χ1v) is 7.66. The third-order valence-electron chi connectivity index (χ3n) is 3.50. The Balaban J connectivity index is 2.21. The van der Waals surface area contributed by atoms with Gasteiger partial charge in [-0.2, -0.15) is 5.10 Å². The van der Waals surface area contributed by atoms with Gasteiger partial charge in [-0.25, -0.2) is 0 Å². The van der Waals surface area contributed by atoms with Crippen molar-refractivity contribution in [2.75, 3.05) is 0 Å². The third-order valence-corrected chi connectivity index (χ3v) is 3.84. The van der Waals surface area contributed by atoms with E-state index in [1.54, 1.807) is 18.3 Å². The van der Waals surface area contributed by atoms with E-state index in [2.05, 4.69) is 36.2 Å². The zero-order valence-corrected chi connectivity index (χ0v) is 14.4. The molecule has 0 aromatic carbocycles. The van der Waals surface area contributed by atoms with E-state index in [0.717, 1.165) is 11.3 Å². The molecule has 0 spiro atoms. The van der Waals surface area contributed by atoms with Crippen LogP contribution in [-0.4, -0.2) is 20.7 Å². The zero-order valence-electron chi connectivity index (χ0n) is 13.6. The number of carbonyl (C=O) groups is 1. The fourth-order valence-electron chi connectivity index (χ4n) is 2.19. The van der Waals surface area contributed by atoms with Crippen LogP contribution < -0.4 is 5.32 Å². The summed E-state index contributed by atoms with van der Waals surface area (Å²) in [5, 5.41) is 7.52. The van der Waals surface area contributed by atoms with E-state index in [1.165, 1.54) is 0 Å². The number of carbonyl (C=O) groups excluding carboxylic acids is 1. The first kappa shape index (κ1) is 16.4. The fraction of sp³-hybridized carbons (Fsp3) is 0.438. The summed E-state index contributed by atoms with van der Waals surface area (Å²) >= 11 is 5.14. The molecule has 0 saturated carbocycles. The zero-order chi connectivity index (χ0) is 16.5. The number of hydrogen-bond donors (Lipinski definition) is 2. The van der Waals surface area contributed by atoms with Gasteiger partial charge in [0.25, 0.3) is 5.91 Å². The number of nitrogens with zero attached hydrogens (tertiary/aromatic N) is 2. The van der Waals surface area contributed by atoms with Crippen LogP contribution in [0.5, 0.6) is 0 Å². The number of aryl methyl sites for hydroxylation is 1. The van der Waals surface area contributed by atoms with Gasteiger partial charge in [-0.15, -0.1) is 0 Å². The minimum Gasteiger partial charge on any atom is -0.352 e. The van der Waals surface area contributed by atoms with Crippen molar-refractivity contribution in [2.24, 2.45) is 0 Å². The molecule has 2 N–H and O–H groups in total. The Kier molecular flexibility index (Phi) is 4.51.